The van der Waals surface area contributed by atoms with Crippen LogP contribution in [0, 0.1) is 13.8 Å². The lowest BCUT2D eigenvalue weighted by atomic mass is 10.1. The maximum Gasteiger partial charge on any atom is 0.232 e. The van der Waals surface area contributed by atoms with Crippen LogP contribution in [-0.2, 0) is 10.5 Å². The molecule has 0 aromatic heterocycles. The van der Waals surface area contributed by atoms with Crippen LogP contribution in [0.1, 0.15) is 30.5 Å². The molecule has 0 fully saturated rings. The number of benzene rings is 1. The highest BCUT2D eigenvalue weighted by molar-refractivity contribution is 7.99. The van der Waals surface area contributed by atoms with Crippen LogP contribution in [0.25, 0.3) is 0 Å². The van der Waals surface area contributed by atoms with Gasteiger partial charge in [0.1, 0.15) is 0 Å². The van der Waals surface area contributed by atoms with E-state index in [9.17, 15) is 4.79 Å². The fourth-order valence-electron chi connectivity index (χ4n) is 2.08. The quantitative estimate of drug-likeness (QED) is 0.785. The Morgan fingerprint density at radius 3 is 2.17 bits per heavy atom. The fraction of sp³-hybridized carbons (Fsp3) is 0.533. The second kappa shape index (κ2) is 7.47. The van der Waals surface area contributed by atoms with E-state index in [0.717, 1.165) is 18.8 Å². The van der Waals surface area contributed by atoms with Crippen LogP contribution in [0.2, 0.25) is 0 Å². The molecule has 0 aliphatic carbocycles. The smallest absolute Gasteiger partial charge is 0.232 e. The predicted octanol–water partition coefficient (Wildman–Crippen LogP) is 3.41. The summed E-state index contributed by atoms with van der Waals surface area (Å²) < 4.78 is 0. The molecule has 1 amide bonds. The van der Waals surface area contributed by atoms with E-state index in [2.05, 4.69) is 32.0 Å². The van der Waals surface area contributed by atoms with Crippen molar-refractivity contribution in [3.63, 3.8) is 0 Å². The molecule has 0 bridgehead atoms. The topological polar surface area (TPSA) is 20.3 Å². The average Bonchev–Trinajstić information content (AvgIpc) is 2.29. The van der Waals surface area contributed by atoms with Crippen LogP contribution in [0.5, 0.6) is 0 Å². The number of carbonyl (C=O) groups is 1. The Morgan fingerprint density at radius 1 is 1.11 bits per heavy atom. The fourth-order valence-corrected chi connectivity index (χ4v) is 2.94. The van der Waals surface area contributed by atoms with Crippen LogP contribution in [-0.4, -0.2) is 29.6 Å². The van der Waals surface area contributed by atoms with Gasteiger partial charge >= 0.3 is 0 Å². The van der Waals surface area contributed by atoms with Crippen molar-refractivity contribution in [3.05, 3.63) is 34.9 Å². The standard InChI is InChI=1S/C15H23NOS/c1-5-16(6-2)15(17)11-18-10-14-8-12(3)7-13(4)9-14/h7-9H,5-6,10-11H2,1-4H3. The van der Waals surface area contributed by atoms with Gasteiger partial charge in [-0.2, -0.15) is 0 Å². The van der Waals surface area contributed by atoms with E-state index in [1.807, 2.05) is 18.7 Å². The first-order valence-corrected chi connectivity index (χ1v) is 7.65. The van der Waals surface area contributed by atoms with E-state index >= 15 is 0 Å². The lowest BCUT2D eigenvalue weighted by molar-refractivity contribution is -0.127. The van der Waals surface area contributed by atoms with Crippen molar-refractivity contribution >= 4 is 17.7 Å². The van der Waals surface area contributed by atoms with Gasteiger partial charge in [-0.25, -0.2) is 0 Å². The van der Waals surface area contributed by atoms with Gasteiger partial charge in [-0.15, -0.1) is 11.8 Å². The van der Waals surface area contributed by atoms with Crippen LogP contribution >= 0.6 is 11.8 Å². The summed E-state index contributed by atoms with van der Waals surface area (Å²) in [7, 11) is 0. The van der Waals surface area contributed by atoms with Gasteiger partial charge in [0, 0.05) is 18.8 Å². The summed E-state index contributed by atoms with van der Waals surface area (Å²) in [5.74, 6) is 1.74. The Labute approximate surface area is 115 Å². The molecule has 0 aliphatic rings. The van der Waals surface area contributed by atoms with Crippen LogP contribution in [0.15, 0.2) is 18.2 Å². The molecule has 0 heterocycles. The van der Waals surface area contributed by atoms with E-state index in [1.54, 1.807) is 11.8 Å². The van der Waals surface area contributed by atoms with Crippen molar-refractivity contribution in [1.29, 1.82) is 0 Å². The first-order chi connectivity index (χ1) is 8.56. The zero-order valence-electron chi connectivity index (χ0n) is 11.8. The minimum Gasteiger partial charge on any atom is -0.343 e. The third kappa shape index (κ3) is 4.73. The summed E-state index contributed by atoms with van der Waals surface area (Å²) in [6.07, 6.45) is 0. The summed E-state index contributed by atoms with van der Waals surface area (Å²) >= 11 is 1.70. The monoisotopic (exact) mass is 265 g/mol. The van der Waals surface area contributed by atoms with Gasteiger partial charge in [0.15, 0.2) is 0 Å². The van der Waals surface area contributed by atoms with E-state index in [4.69, 9.17) is 0 Å². The van der Waals surface area contributed by atoms with Gasteiger partial charge in [0.25, 0.3) is 0 Å². The van der Waals surface area contributed by atoms with Crippen LogP contribution < -0.4 is 0 Å². The molecule has 0 radical (unpaired) electrons. The summed E-state index contributed by atoms with van der Waals surface area (Å²) in [4.78, 5) is 13.7. The van der Waals surface area contributed by atoms with Gasteiger partial charge in [0.05, 0.1) is 5.75 Å². The summed E-state index contributed by atoms with van der Waals surface area (Å²) in [5.41, 5.74) is 3.89. The number of nitrogens with zero attached hydrogens (tertiary/aromatic N) is 1. The van der Waals surface area contributed by atoms with Gasteiger partial charge < -0.3 is 4.90 Å². The number of amides is 1. The molecule has 0 N–H and O–H groups in total. The van der Waals surface area contributed by atoms with E-state index in [0.29, 0.717) is 5.75 Å². The molecule has 1 aromatic carbocycles. The number of thioether (sulfide) groups is 1. The molecular weight excluding hydrogens is 242 g/mol. The van der Waals surface area contributed by atoms with Crippen molar-refractivity contribution < 1.29 is 4.79 Å². The van der Waals surface area contributed by atoms with Gasteiger partial charge in [-0.3, -0.25) is 4.79 Å². The highest BCUT2D eigenvalue weighted by atomic mass is 32.2. The summed E-state index contributed by atoms with van der Waals surface area (Å²) in [6.45, 7) is 9.88. The Bertz CT molecular complexity index is 379. The molecule has 0 atom stereocenters. The lowest BCUT2D eigenvalue weighted by Crippen LogP contribution is -2.31. The Balaban J connectivity index is 2.44. The summed E-state index contributed by atoms with van der Waals surface area (Å²) in [5, 5.41) is 0. The molecule has 1 aromatic rings. The minimum atomic E-state index is 0.245. The summed E-state index contributed by atoms with van der Waals surface area (Å²) in [6, 6.07) is 6.57. The van der Waals surface area contributed by atoms with Gasteiger partial charge in [-0.1, -0.05) is 29.3 Å². The third-order valence-corrected chi connectivity index (χ3v) is 3.88. The van der Waals surface area contributed by atoms with Crippen molar-refractivity contribution in [2.24, 2.45) is 0 Å². The molecule has 0 unspecified atom stereocenters. The number of hydrogen-bond acceptors (Lipinski definition) is 2. The maximum absolute atomic E-state index is 11.8. The van der Waals surface area contributed by atoms with Crippen molar-refractivity contribution in [3.8, 4) is 0 Å². The zero-order valence-corrected chi connectivity index (χ0v) is 12.6. The zero-order chi connectivity index (χ0) is 13.5. The molecule has 2 nitrogen and oxygen atoms in total. The number of hydrogen-bond donors (Lipinski definition) is 0. The molecule has 0 spiro atoms. The minimum absolute atomic E-state index is 0.245. The Kier molecular flexibility index (Phi) is 6.27. The molecule has 1 rings (SSSR count). The Hall–Kier alpha value is -0.960. The maximum atomic E-state index is 11.8. The Morgan fingerprint density at radius 2 is 1.67 bits per heavy atom. The number of carbonyl (C=O) groups excluding carboxylic acids is 1. The predicted molar refractivity (Wildman–Crippen MR) is 80.0 cm³/mol. The van der Waals surface area contributed by atoms with Crippen molar-refractivity contribution in [2.45, 2.75) is 33.4 Å². The van der Waals surface area contributed by atoms with E-state index in [-0.39, 0.29) is 5.91 Å². The van der Waals surface area contributed by atoms with Gasteiger partial charge in [0.2, 0.25) is 5.91 Å². The molecule has 0 saturated carbocycles. The SMILES string of the molecule is CCN(CC)C(=O)CSCc1cc(C)cc(C)c1. The molecule has 3 heteroatoms. The highest BCUT2D eigenvalue weighted by Crippen LogP contribution is 2.16. The van der Waals surface area contributed by atoms with Crippen molar-refractivity contribution in [1.82, 2.24) is 4.90 Å². The molecule has 100 valence electrons. The first-order valence-electron chi connectivity index (χ1n) is 6.49. The molecular formula is C15H23NOS. The van der Waals surface area contributed by atoms with Crippen LogP contribution in [0.4, 0.5) is 0 Å². The lowest BCUT2D eigenvalue weighted by Gasteiger charge is -2.18. The number of rotatable bonds is 6. The largest absolute Gasteiger partial charge is 0.343 e. The van der Waals surface area contributed by atoms with Crippen LogP contribution in [0.3, 0.4) is 0 Å². The molecule has 18 heavy (non-hydrogen) atoms. The normalized spacial score (nSPS) is 10.4. The van der Waals surface area contributed by atoms with Crippen molar-refractivity contribution in [2.75, 3.05) is 18.8 Å². The number of aryl methyl sites for hydroxylation is 2. The highest BCUT2D eigenvalue weighted by Gasteiger charge is 2.09. The average molecular weight is 265 g/mol. The first kappa shape index (κ1) is 15.1. The van der Waals surface area contributed by atoms with E-state index < -0.39 is 0 Å². The van der Waals surface area contributed by atoms with Gasteiger partial charge in [-0.05, 0) is 33.3 Å². The van der Waals surface area contributed by atoms with E-state index in [1.165, 1.54) is 16.7 Å². The second-order valence-corrected chi connectivity index (χ2v) is 5.54. The third-order valence-electron chi connectivity index (χ3n) is 2.89. The second-order valence-electron chi connectivity index (χ2n) is 4.55. The molecule has 0 saturated heterocycles. The molecule has 0 aliphatic heterocycles.